The number of hydrogen-bond donors (Lipinski definition) is 1. The summed E-state index contributed by atoms with van der Waals surface area (Å²) in [5.74, 6) is 2.29. The van der Waals surface area contributed by atoms with Gasteiger partial charge in [-0.3, -0.25) is 0 Å². The van der Waals surface area contributed by atoms with Crippen LogP contribution in [0.3, 0.4) is 0 Å². The van der Waals surface area contributed by atoms with Gasteiger partial charge in [-0.2, -0.15) is 0 Å². The number of fused-ring (bicyclic) bond motifs is 2. The summed E-state index contributed by atoms with van der Waals surface area (Å²) in [5.41, 5.74) is 0. The van der Waals surface area contributed by atoms with Gasteiger partial charge in [-0.15, -0.1) is 0 Å². The molecular formula is C30H36N2O2Si. The van der Waals surface area contributed by atoms with E-state index in [9.17, 15) is 0 Å². The maximum absolute atomic E-state index is 9.04. The zero-order valence-corrected chi connectivity index (χ0v) is 22.0. The van der Waals surface area contributed by atoms with Crippen LogP contribution in [-0.2, 0) is 4.43 Å². The van der Waals surface area contributed by atoms with Crippen molar-refractivity contribution >= 4 is 18.7 Å². The molecule has 4 aliphatic carbocycles. The summed E-state index contributed by atoms with van der Waals surface area (Å²) >= 11 is 0. The minimum absolute atomic E-state index is 0.0295. The first-order chi connectivity index (χ1) is 16.8. The Morgan fingerprint density at radius 1 is 0.743 bits per heavy atom. The molecule has 8 atom stereocenters. The van der Waals surface area contributed by atoms with Crippen LogP contribution in [0.4, 0.5) is 0 Å². The zero-order chi connectivity index (χ0) is 24.8. The average molecular weight is 485 g/mol. The van der Waals surface area contributed by atoms with Gasteiger partial charge < -0.3 is 19.2 Å². The first-order valence-electron chi connectivity index (χ1n) is 13.0. The number of nitrogens with zero attached hydrogens (tertiary/aromatic N) is 2. The van der Waals surface area contributed by atoms with Crippen LogP contribution in [0, 0.1) is 36.8 Å². The number of benzene rings is 2. The number of rotatable bonds is 4. The molecule has 6 rings (SSSR count). The van der Waals surface area contributed by atoms with Crippen LogP contribution in [0.25, 0.3) is 9.69 Å². The van der Waals surface area contributed by atoms with Crippen molar-refractivity contribution in [2.75, 3.05) is 0 Å². The third-order valence-corrected chi connectivity index (χ3v) is 13.9. The van der Waals surface area contributed by atoms with E-state index in [1.807, 2.05) is 0 Å². The Hall–Kier alpha value is -2.44. The Morgan fingerprint density at radius 2 is 1.14 bits per heavy atom. The molecule has 0 aromatic heterocycles. The SMILES string of the molecule is [C-]#[N+]C1[C@H]2CC(O)C[C@@H]12.[C-]#[N+]C1[C@H]2CC(O[Si](c3ccccc3)(c3ccccc3)C(C)(C)C)C[C@@H]12. The summed E-state index contributed by atoms with van der Waals surface area (Å²) in [6, 6.07) is 22.3. The smallest absolute Gasteiger partial charge is 0.261 e. The van der Waals surface area contributed by atoms with E-state index in [-0.39, 0.29) is 29.3 Å². The lowest BCUT2D eigenvalue weighted by Crippen LogP contribution is -2.67. The fraction of sp³-hybridized carbons (Fsp3) is 0.533. The predicted octanol–water partition coefficient (Wildman–Crippen LogP) is 4.93. The second kappa shape index (κ2) is 9.21. The molecule has 1 N–H and O–H groups in total. The summed E-state index contributed by atoms with van der Waals surface area (Å²) in [5, 5.41) is 11.8. The fourth-order valence-electron chi connectivity index (χ4n) is 6.95. The van der Waals surface area contributed by atoms with Crippen LogP contribution in [0.15, 0.2) is 60.7 Å². The fourth-order valence-corrected chi connectivity index (χ4v) is 11.7. The second-order valence-electron chi connectivity index (χ2n) is 11.9. The standard InChI is InChI=1S/C23H27NOSi.C7H9NO/c1-23(2,3)26(18-11-7-5-8-12-18,19-13-9-6-10-14-19)25-17-15-20-21(16-17)22(20)24-4;1-8-7-5-2-4(9)3-6(5)7/h5-14,17,20-22H,15-16H2,1-3H3;4-7,9H,2-3H2/t17?,20-,21+,22?;4?,5-,6+,7?. The molecule has 0 amide bonds. The van der Waals surface area contributed by atoms with E-state index in [2.05, 4.69) is 91.1 Å². The first-order valence-corrected chi connectivity index (χ1v) is 14.9. The van der Waals surface area contributed by atoms with Crippen molar-refractivity contribution in [1.82, 2.24) is 0 Å². The van der Waals surface area contributed by atoms with Gasteiger partial charge in [0.05, 0.1) is 6.10 Å². The Balaban J connectivity index is 0.000000234. The van der Waals surface area contributed by atoms with Crippen molar-refractivity contribution in [2.24, 2.45) is 23.7 Å². The molecular weight excluding hydrogens is 448 g/mol. The molecule has 4 unspecified atom stereocenters. The molecule has 0 aliphatic heterocycles. The van der Waals surface area contributed by atoms with Crippen molar-refractivity contribution in [2.45, 2.75) is 75.8 Å². The zero-order valence-electron chi connectivity index (χ0n) is 21.0. The molecule has 2 aromatic rings. The lowest BCUT2D eigenvalue weighted by Gasteiger charge is -2.45. The highest BCUT2D eigenvalue weighted by Crippen LogP contribution is 2.56. The lowest BCUT2D eigenvalue weighted by atomic mass is 10.2. The molecule has 0 radical (unpaired) electrons. The second-order valence-corrected chi connectivity index (χ2v) is 16.1. The van der Waals surface area contributed by atoms with Gasteiger partial charge >= 0.3 is 0 Å². The van der Waals surface area contributed by atoms with Gasteiger partial charge in [0.2, 0.25) is 12.1 Å². The molecule has 0 bridgehead atoms. The summed E-state index contributed by atoms with van der Waals surface area (Å²) in [6.45, 7) is 21.0. The molecule has 0 heterocycles. The van der Waals surface area contributed by atoms with Gasteiger partial charge in [0, 0.05) is 29.8 Å². The maximum Gasteiger partial charge on any atom is 0.261 e. The largest absolute Gasteiger partial charge is 0.404 e. The van der Waals surface area contributed by atoms with Crippen molar-refractivity contribution in [3.05, 3.63) is 83.5 Å². The highest BCUT2D eigenvalue weighted by atomic mass is 28.4. The van der Waals surface area contributed by atoms with Crippen molar-refractivity contribution < 1.29 is 9.53 Å². The first kappa shape index (κ1) is 24.3. The molecule has 5 heteroatoms. The van der Waals surface area contributed by atoms with Crippen LogP contribution >= 0.6 is 0 Å². The van der Waals surface area contributed by atoms with E-state index in [0.29, 0.717) is 23.7 Å². The Bertz CT molecular complexity index is 1050. The third kappa shape index (κ3) is 4.36. The van der Waals surface area contributed by atoms with Gasteiger partial charge in [0.15, 0.2) is 0 Å². The van der Waals surface area contributed by atoms with Crippen LogP contribution in [0.2, 0.25) is 5.04 Å². The van der Waals surface area contributed by atoms with Gasteiger partial charge in [-0.1, -0.05) is 81.4 Å². The van der Waals surface area contributed by atoms with Crippen molar-refractivity contribution in [1.29, 1.82) is 0 Å². The number of aliphatic hydroxyl groups is 1. The molecule has 4 nitrogen and oxygen atoms in total. The molecule has 2 aromatic carbocycles. The minimum atomic E-state index is -2.43. The molecule has 4 saturated carbocycles. The topological polar surface area (TPSA) is 38.2 Å². The average Bonchev–Trinajstić information content (AvgIpc) is 3.56. The maximum atomic E-state index is 9.04. The van der Waals surface area contributed by atoms with Crippen LogP contribution in [0.5, 0.6) is 0 Å². The third-order valence-electron chi connectivity index (χ3n) is 8.79. The van der Waals surface area contributed by atoms with Gasteiger partial charge in [-0.05, 0) is 41.1 Å². The number of hydrogen-bond acceptors (Lipinski definition) is 2. The van der Waals surface area contributed by atoms with E-state index >= 15 is 0 Å². The highest BCUT2D eigenvalue weighted by molar-refractivity contribution is 6.99. The minimum Gasteiger partial charge on any atom is -0.404 e. The van der Waals surface area contributed by atoms with E-state index in [1.165, 1.54) is 10.4 Å². The molecule has 182 valence electrons. The van der Waals surface area contributed by atoms with E-state index in [1.54, 1.807) is 0 Å². The quantitative estimate of drug-likeness (QED) is 0.493. The molecule has 4 aliphatic rings. The van der Waals surface area contributed by atoms with E-state index < -0.39 is 8.32 Å². The van der Waals surface area contributed by atoms with Gasteiger partial charge in [0.1, 0.15) is 0 Å². The molecule has 35 heavy (non-hydrogen) atoms. The Kier molecular flexibility index (Phi) is 6.39. The normalized spacial score (nSPS) is 34.5. The summed E-state index contributed by atoms with van der Waals surface area (Å²) in [7, 11) is -2.43. The van der Waals surface area contributed by atoms with Crippen LogP contribution in [-0.4, -0.2) is 37.7 Å². The van der Waals surface area contributed by atoms with Gasteiger partial charge in [0.25, 0.3) is 8.32 Å². The summed E-state index contributed by atoms with van der Waals surface area (Å²) in [4.78, 5) is 7.24. The number of aliphatic hydroxyl groups excluding tert-OH is 1. The summed E-state index contributed by atoms with van der Waals surface area (Å²) in [6.07, 6.45) is 4.09. The Morgan fingerprint density at radius 3 is 1.51 bits per heavy atom. The van der Waals surface area contributed by atoms with Crippen molar-refractivity contribution in [3.8, 4) is 0 Å². The molecule has 4 fully saturated rings. The van der Waals surface area contributed by atoms with E-state index in [4.69, 9.17) is 22.7 Å². The van der Waals surface area contributed by atoms with E-state index in [0.717, 1.165) is 25.7 Å². The predicted molar refractivity (Wildman–Crippen MR) is 142 cm³/mol. The highest BCUT2D eigenvalue weighted by Gasteiger charge is 2.64. The van der Waals surface area contributed by atoms with Crippen LogP contribution in [0.1, 0.15) is 46.5 Å². The summed E-state index contributed by atoms with van der Waals surface area (Å²) < 4.78 is 7.17. The van der Waals surface area contributed by atoms with Gasteiger partial charge in [-0.25, -0.2) is 13.1 Å². The van der Waals surface area contributed by atoms with Crippen LogP contribution < -0.4 is 10.4 Å². The Labute approximate surface area is 211 Å². The monoisotopic (exact) mass is 484 g/mol. The van der Waals surface area contributed by atoms with Crippen molar-refractivity contribution in [3.63, 3.8) is 0 Å². The molecule has 0 saturated heterocycles. The molecule has 0 spiro atoms. The lowest BCUT2D eigenvalue weighted by molar-refractivity contribution is 0.167.